The second-order valence-electron chi connectivity index (χ2n) is 6.25. The first-order valence-electron chi connectivity index (χ1n) is 8.69. The van der Waals surface area contributed by atoms with Crippen molar-refractivity contribution in [3.8, 4) is 5.75 Å². The average Bonchev–Trinajstić information content (AvgIpc) is 3.21. The number of benzene rings is 1. The van der Waals surface area contributed by atoms with E-state index in [0.29, 0.717) is 12.4 Å². The van der Waals surface area contributed by atoms with Crippen LogP contribution < -0.4 is 4.74 Å². The zero-order chi connectivity index (χ0) is 18.5. The largest absolute Gasteiger partial charge is 0.493 e. The molecule has 2 amide bonds. The van der Waals surface area contributed by atoms with Crippen LogP contribution in [0.3, 0.4) is 0 Å². The zero-order valence-electron chi connectivity index (χ0n) is 14.4. The molecule has 2 aliphatic heterocycles. The molecule has 2 aliphatic rings. The summed E-state index contributed by atoms with van der Waals surface area (Å²) in [6.45, 7) is 3.11. The van der Waals surface area contributed by atoms with Crippen molar-refractivity contribution < 1.29 is 24.3 Å². The van der Waals surface area contributed by atoms with Crippen molar-refractivity contribution in [2.24, 2.45) is 0 Å². The molecule has 0 N–H and O–H groups in total. The van der Waals surface area contributed by atoms with Crippen LogP contribution in [0.2, 0.25) is 0 Å². The minimum absolute atomic E-state index is 0.179. The average molecular weight is 363 g/mol. The van der Waals surface area contributed by atoms with Crippen LogP contribution in [0.5, 0.6) is 5.75 Å². The molecule has 0 saturated carbocycles. The van der Waals surface area contributed by atoms with E-state index in [4.69, 9.17) is 4.74 Å². The van der Waals surface area contributed by atoms with Gasteiger partial charge in [-0.2, -0.15) is 0 Å². The predicted octanol–water partition coefficient (Wildman–Crippen LogP) is 1.36. The molecule has 0 bridgehead atoms. The molecule has 1 fully saturated rings. The summed E-state index contributed by atoms with van der Waals surface area (Å²) in [5, 5.41) is 9.27. The molecule has 2 heterocycles. The minimum atomic E-state index is -0.951. The molecule has 3 rings (SSSR count). The molecule has 0 spiro atoms. The number of hydrogen-bond donors (Lipinski definition) is 0. The maximum absolute atomic E-state index is 12.5. The molecule has 1 aromatic carbocycles. The van der Waals surface area contributed by atoms with E-state index in [-0.39, 0.29) is 24.3 Å². The lowest BCUT2D eigenvalue weighted by molar-refractivity contribution is -0.757. The second kappa shape index (κ2) is 8.13. The van der Waals surface area contributed by atoms with Gasteiger partial charge in [0.25, 0.3) is 16.9 Å². The Labute approximate surface area is 150 Å². The Morgan fingerprint density at radius 1 is 1.08 bits per heavy atom. The Hall–Kier alpha value is -2.68. The highest BCUT2D eigenvalue weighted by Gasteiger charge is 2.37. The summed E-state index contributed by atoms with van der Waals surface area (Å²) in [4.78, 5) is 42.6. The van der Waals surface area contributed by atoms with Crippen molar-refractivity contribution in [1.82, 2.24) is 9.80 Å². The number of likely N-dealkylation sites (tertiary alicyclic amines) is 1. The topological polar surface area (TPSA) is 102 Å². The van der Waals surface area contributed by atoms with Crippen LogP contribution in [-0.2, 0) is 4.84 Å². The quantitative estimate of drug-likeness (QED) is 0.282. The van der Waals surface area contributed by atoms with Crippen molar-refractivity contribution in [3.63, 3.8) is 0 Å². The van der Waals surface area contributed by atoms with Crippen LogP contribution >= 0.6 is 0 Å². The zero-order valence-corrected chi connectivity index (χ0v) is 14.4. The first-order valence-corrected chi connectivity index (χ1v) is 8.69. The van der Waals surface area contributed by atoms with Crippen molar-refractivity contribution in [2.75, 3.05) is 39.4 Å². The normalized spacial score (nSPS) is 16.8. The molecule has 9 nitrogen and oxygen atoms in total. The van der Waals surface area contributed by atoms with Gasteiger partial charge in [0.05, 0.1) is 24.3 Å². The Bertz CT molecular complexity index is 702. The summed E-state index contributed by atoms with van der Waals surface area (Å²) in [5.41, 5.74) is 0.480. The van der Waals surface area contributed by atoms with Crippen LogP contribution in [0.25, 0.3) is 0 Å². The molecule has 26 heavy (non-hydrogen) atoms. The smallest absolute Gasteiger partial charge is 0.294 e. The molecule has 1 saturated heterocycles. The van der Waals surface area contributed by atoms with Crippen molar-refractivity contribution in [2.45, 2.75) is 19.3 Å². The molecule has 0 radical (unpaired) electrons. The van der Waals surface area contributed by atoms with E-state index in [0.717, 1.165) is 31.0 Å². The van der Waals surface area contributed by atoms with Gasteiger partial charge in [0.15, 0.2) is 0 Å². The molecule has 9 heteroatoms. The number of carbonyl (C=O) groups excluding carboxylic acids is 2. The Kier molecular flexibility index (Phi) is 5.67. The van der Waals surface area contributed by atoms with Gasteiger partial charge < -0.3 is 14.5 Å². The summed E-state index contributed by atoms with van der Waals surface area (Å²) < 4.78 is 5.75. The fourth-order valence-electron chi connectivity index (χ4n) is 3.31. The lowest BCUT2D eigenvalue weighted by Crippen LogP contribution is -2.33. The maximum atomic E-state index is 12.5. The Morgan fingerprint density at radius 2 is 1.85 bits per heavy atom. The van der Waals surface area contributed by atoms with Gasteiger partial charge in [0, 0.05) is 6.54 Å². The van der Waals surface area contributed by atoms with Gasteiger partial charge >= 0.3 is 0 Å². The van der Waals surface area contributed by atoms with Crippen LogP contribution in [0.15, 0.2) is 18.2 Å². The van der Waals surface area contributed by atoms with Crippen molar-refractivity contribution in [3.05, 3.63) is 39.4 Å². The van der Waals surface area contributed by atoms with Gasteiger partial charge in [-0.25, -0.2) is 0 Å². The number of imide groups is 1. The number of fused-ring (bicyclic) bond motifs is 1. The number of ether oxygens (including phenoxy) is 1. The Balaban J connectivity index is 1.59. The van der Waals surface area contributed by atoms with Crippen LogP contribution in [0, 0.1) is 10.1 Å². The predicted molar refractivity (Wildman–Crippen MR) is 90.5 cm³/mol. The van der Waals surface area contributed by atoms with E-state index in [9.17, 15) is 19.7 Å². The first kappa shape index (κ1) is 18.1. The first-order chi connectivity index (χ1) is 12.6. The summed E-state index contributed by atoms with van der Waals surface area (Å²) in [6, 6.07) is 4.88. The van der Waals surface area contributed by atoms with Crippen LogP contribution in [0.1, 0.15) is 40.0 Å². The molecule has 0 unspecified atom stereocenters. The number of rotatable bonds is 9. The van der Waals surface area contributed by atoms with E-state index in [2.05, 4.69) is 9.74 Å². The SMILES string of the molecule is O=C1c2cccc(OCCCN3CCCC3)c2C(=O)N1CCO[N+](=O)[O-]. The van der Waals surface area contributed by atoms with Gasteiger partial charge in [0.1, 0.15) is 12.4 Å². The maximum Gasteiger partial charge on any atom is 0.294 e. The number of carbonyl (C=O) groups is 2. The van der Waals surface area contributed by atoms with Gasteiger partial charge in [-0.05, 0) is 44.5 Å². The molecule has 1 aromatic rings. The number of hydrogen-bond acceptors (Lipinski definition) is 7. The highest BCUT2D eigenvalue weighted by molar-refractivity contribution is 6.22. The summed E-state index contributed by atoms with van der Waals surface area (Å²) >= 11 is 0. The third-order valence-corrected chi connectivity index (χ3v) is 4.55. The summed E-state index contributed by atoms with van der Waals surface area (Å²) in [5.74, 6) is -0.619. The summed E-state index contributed by atoms with van der Waals surface area (Å²) in [6.07, 6.45) is 3.31. The van der Waals surface area contributed by atoms with E-state index in [1.165, 1.54) is 12.8 Å². The van der Waals surface area contributed by atoms with Gasteiger partial charge in [0.2, 0.25) is 0 Å². The lowest BCUT2D eigenvalue weighted by atomic mass is 10.1. The standard InChI is InChI=1S/C17H21N3O6/c21-16-13-5-3-6-14(25-11-4-9-18-7-1-2-8-18)15(13)17(22)19(16)10-12-26-20(23)24/h3,5-6H,1-2,4,7-12H2. The monoisotopic (exact) mass is 363 g/mol. The van der Waals surface area contributed by atoms with E-state index >= 15 is 0 Å². The van der Waals surface area contributed by atoms with E-state index in [1.54, 1.807) is 18.2 Å². The minimum Gasteiger partial charge on any atom is -0.493 e. The third-order valence-electron chi connectivity index (χ3n) is 4.55. The fraction of sp³-hybridized carbons (Fsp3) is 0.529. The van der Waals surface area contributed by atoms with Gasteiger partial charge in [-0.3, -0.25) is 14.5 Å². The fourth-order valence-corrected chi connectivity index (χ4v) is 3.31. The third kappa shape index (κ3) is 3.93. The molecular weight excluding hydrogens is 342 g/mol. The van der Waals surface area contributed by atoms with Crippen LogP contribution in [0.4, 0.5) is 0 Å². The molecule has 0 aromatic heterocycles. The van der Waals surface area contributed by atoms with E-state index < -0.39 is 16.9 Å². The van der Waals surface area contributed by atoms with E-state index in [1.807, 2.05) is 0 Å². The molecule has 0 atom stereocenters. The molecule has 0 aliphatic carbocycles. The molecular formula is C17H21N3O6. The van der Waals surface area contributed by atoms with Gasteiger partial charge in [-0.1, -0.05) is 6.07 Å². The van der Waals surface area contributed by atoms with Gasteiger partial charge in [-0.15, -0.1) is 10.1 Å². The number of amides is 2. The number of nitrogens with zero attached hydrogens (tertiary/aromatic N) is 3. The highest BCUT2D eigenvalue weighted by Crippen LogP contribution is 2.31. The van der Waals surface area contributed by atoms with Crippen molar-refractivity contribution >= 4 is 11.8 Å². The highest BCUT2D eigenvalue weighted by atomic mass is 16.9. The molecule has 140 valence electrons. The summed E-state index contributed by atoms with van der Waals surface area (Å²) in [7, 11) is 0. The van der Waals surface area contributed by atoms with Crippen LogP contribution in [-0.4, -0.2) is 66.1 Å². The second-order valence-corrected chi connectivity index (χ2v) is 6.25. The lowest BCUT2D eigenvalue weighted by Gasteiger charge is -2.15. The van der Waals surface area contributed by atoms with Crippen molar-refractivity contribution in [1.29, 1.82) is 0 Å². The Morgan fingerprint density at radius 3 is 2.58 bits per heavy atom.